The Hall–Kier alpha value is -5.00. The molecule has 6 aromatic rings. The second-order valence-electron chi connectivity index (χ2n) is 11.5. The van der Waals surface area contributed by atoms with Gasteiger partial charge in [0.1, 0.15) is 17.0 Å². The van der Waals surface area contributed by atoms with E-state index in [1.807, 2.05) is 61.7 Å². The molecule has 0 unspecified atom stereocenters. The van der Waals surface area contributed by atoms with Crippen molar-refractivity contribution in [2.75, 3.05) is 25.0 Å². The summed E-state index contributed by atoms with van der Waals surface area (Å²) in [5.74, 6) is 1.39. The molecule has 1 fully saturated rings. The van der Waals surface area contributed by atoms with Crippen LogP contribution in [0.4, 0.5) is 16.5 Å². The van der Waals surface area contributed by atoms with Crippen LogP contribution >= 0.6 is 11.3 Å². The number of likely N-dealkylation sites (tertiary alicyclic amines) is 1. The number of hydrogen-bond donors (Lipinski definition) is 3. The van der Waals surface area contributed by atoms with Crippen LogP contribution in [0.1, 0.15) is 30.9 Å². The summed E-state index contributed by atoms with van der Waals surface area (Å²) in [4.78, 5) is 29.3. The molecule has 0 atom stereocenters. The van der Waals surface area contributed by atoms with Crippen molar-refractivity contribution in [2.24, 2.45) is 0 Å². The largest absolute Gasteiger partial charge is 0.456 e. The Bertz CT molecular complexity index is 1960. The van der Waals surface area contributed by atoms with Crippen molar-refractivity contribution in [2.45, 2.75) is 39.3 Å². The molecule has 0 aliphatic carbocycles. The van der Waals surface area contributed by atoms with E-state index in [9.17, 15) is 4.79 Å². The molecule has 0 radical (unpaired) electrons. The van der Waals surface area contributed by atoms with Gasteiger partial charge in [-0.3, -0.25) is 14.9 Å². The lowest BCUT2D eigenvalue weighted by atomic mass is 10.0. The number of hydrogen-bond acceptors (Lipinski definition) is 9. The van der Waals surface area contributed by atoms with Gasteiger partial charge in [0.05, 0.1) is 20.8 Å². The number of nitrogens with zero attached hydrogens (tertiary/aromatic N) is 4. The van der Waals surface area contributed by atoms with Crippen molar-refractivity contribution in [1.29, 1.82) is 0 Å². The fourth-order valence-corrected chi connectivity index (χ4v) is 6.63. The third kappa shape index (κ3) is 6.80. The Morgan fingerprint density at radius 1 is 1.02 bits per heavy atom. The van der Waals surface area contributed by atoms with Gasteiger partial charge in [-0.1, -0.05) is 23.8 Å². The molecule has 2 aromatic carbocycles. The Balaban J connectivity index is 1.01. The SMILES string of the molecule is CCNC(=O)NC1CCN(Cc2ccc(-c3cc4nccc(Oc5ccc6oc(Nc7ccc(C)cc7)nc6c5)c4s3)nc2)CC1. The topological polar surface area (TPSA) is 117 Å². The minimum atomic E-state index is -0.0787. The van der Waals surface area contributed by atoms with E-state index in [4.69, 9.17) is 14.1 Å². The standard InChI is InChI=1S/C35H35N7O3S/c1-3-36-34(43)39-25-13-16-42(17-14-25)21-23-6-10-27(38-20-23)32-19-29-33(46-32)31(12-15-37-29)44-26-9-11-30-28(18-26)41-35(45-30)40-24-7-4-22(2)5-8-24/h4-12,15,18-20,25H,3,13-14,16-17,21H2,1-2H3,(H,40,41)(H2,36,39,43). The molecule has 1 saturated heterocycles. The number of amides is 2. The lowest BCUT2D eigenvalue weighted by Gasteiger charge is -2.32. The summed E-state index contributed by atoms with van der Waals surface area (Å²) >= 11 is 1.61. The number of rotatable bonds is 9. The van der Waals surface area contributed by atoms with E-state index in [1.165, 1.54) is 11.1 Å². The Labute approximate surface area is 270 Å². The fourth-order valence-electron chi connectivity index (χ4n) is 5.59. The second kappa shape index (κ2) is 13.2. The summed E-state index contributed by atoms with van der Waals surface area (Å²) in [7, 11) is 0. The first-order chi connectivity index (χ1) is 22.5. The zero-order valence-electron chi connectivity index (χ0n) is 25.7. The number of pyridine rings is 2. The van der Waals surface area contributed by atoms with Crippen molar-refractivity contribution in [3.8, 4) is 22.1 Å². The molecular formula is C35H35N7O3S. The summed E-state index contributed by atoms with van der Waals surface area (Å²) in [6.45, 7) is 7.34. The second-order valence-corrected chi connectivity index (χ2v) is 12.5. The summed E-state index contributed by atoms with van der Waals surface area (Å²) in [6.07, 6.45) is 5.61. The first kappa shape index (κ1) is 29.7. The molecule has 0 bridgehead atoms. The van der Waals surface area contributed by atoms with Crippen LogP contribution in [0.25, 0.3) is 31.9 Å². The molecule has 0 spiro atoms. The predicted octanol–water partition coefficient (Wildman–Crippen LogP) is 7.63. The van der Waals surface area contributed by atoms with E-state index in [0.717, 1.165) is 64.7 Å². The maximum absolute atomic E-state index is 11.8. The molecule has 7 rings (SSSR count). The highest BCUT2D eigenvalue weighted by molar-refractivity contribution is 7.22. The number of ether oxygens (including phenoxy) is 1. The number of piperidine rings is 1. The van der Waals surface area contributed by atoms with Gasteiger partial charge in [0.25, 0.3) is 6.01 Å². The number of benzene rings is 2. The summed E-state index contributed by atoms with van der Waals surface area (Å²) in [5, 5.41) is 9.09. The van der Waals surface area contributed by atoms with E-state index in [1.54, 1.807) is 17.5 Å². The zero-order valence-corrected chi connectivity index (χ0v) is 26.6. The van der Waals surface area contributed by atoms with Gasteiger partial charge in [0.2, 0.25) is 0 Å². The van der Waals surface area contributed by atoms with Gasteiger partial charge < -0.3 is 25.1 Å². The highest BCUT2D eigenvalue weighted by Crippen LogP contribution is 2.39. The van der Waals surface area contributed by atoms with E-state index < -0.39 is 0 Å². The molecule has 10 nitrogen and oxygen atoms in total. The number of carbonyl (C=O) groups is 1. The fraction of sp³-hybridized carbons (Fsp3) is 0.257. The van der Waals surface area contributed by atoms with Gasteiger partial charge in [0, 0.05) is 62.4 Å². The summed E-state index contributed by atoms with van der Waals surface area (Å²) in [5.41, 5.74) is 6.41. The van der Waals surface area contributed by atoms with E-state index >= 15 is 0 Å². The van der Waals surface area contributed by atoms with E-state index in [0.29, 0.717) is 29.4 Å². The van der Waals surface area contributed by atoms with Crippen LogP contribution in [0, 0.1) is 6.92 Å². The summed E-state index contributed by atoms with van der Waals surface area (Å²) in [6, 6.07) is 22.4. The van der Waals surface area contributed by atoms with Gasteiger partial charge in [-0.2, -0.15) is 4.98 Å². The number of urea groups is 1. The first-order valence-corrected chi connectivity index (χ1v) is 16.3. The molecule has 0 saturated carbocycles. The van der Waals surface area contributed by atoms with Crippen LogP contribution in [0.2, 0.25) is 0 Å². The van der Waals surface area contributed by atoms with Gasteiger partial charge in [-0.15, -0.1) is 11.3 Å². The number of nitrogens with one attached hydrogen (secondary N) is 3. The van der Waals surface area contributed by atoms with Crippen LogP contribution in [0.5, 0.6) is 11.5 Å². The average molecular weight is 634 g/mol. The number of aromatic nitrogens is 3. The van der Waals surface area contributed by atoms with Crippen molar-refractivity contribution < 1.29 is 13.9 Å². The average Bonchev–Trinajstić information content (AvgIpc) is 3.68. The number of anilines is 2. The maximum atomic E-state index is 11.8. The molecule has 4 aromatic heterocycles. The predicted molar refractivity (Wildman–Crippen MR) is 182 cm³/mol. The molecule has 1 aliphatic heterocycles. The van der Waals surface area contributed by atoms with Crippen LogP contribution in [-0.2, 0) is 6.54 Å². The number of fused-ring (bicyclic) bond motifs is 2. The Kier molecular flexibility index (Phi) is 8.49. The third-order valence-corrected chi connectivity index (χ3v) is 9.17. The molecule has 11 heteroatoms. The van der Waals surface area contributed by atoms with Crippen molar-refractivity contribution in [3.05, 3.63) is 90.3 Å². The van der Waals surface area contributed by atoms with Crippen LogP contribution in [0.15, 0.2) is 83.5 Å². The highest BCUT2D eigenvalue weighted by Gasteiger charge is 2.21. The quantitative estimate of drug-likeness (QED) is 0.149. The summed E-state index contributed by atoms with van der Waals surface area (Å²) < 4.78 is 13.2. The highest BCUT2D eigenvalue weighted by atomic mass is 32.1. The van der Waals surface area contributed by atoms with Gasteiger partial charge in [0.15, 0.2) is 5.58 Å². The van der Waals surface area contributed by atoms with Crippen LogP contribution in [0.3, 0.4) is 0 Å². The monoisotopic (exact) mass is 633 g/mol. The van der Waals surface area contributed by atoms with Crippen molar-refractivity contribution >= 4 is 50.4 Å². The first-order valence-electron chi connectivity index (χ1n) is 15.5. The lowest BCUT2D eigenvalue weighted by molar-refractivity contribution is 0.186. The molecule has 46 heavy (non-hydrogen) atoms. The van der Waals surface area contributed by atoms with Crippen molar-refractivity contribution in [3.63, 3.8) is 0 Å². The molecule has 2 amide bonds. The van der Waals surface area contributed by atoms with Gasteiger partial charge in [-0.25, -0.2) is 4.79 Å². The Morgan fingerprint density at radius 2 is 1.87 bits per heavy atom. The Morgan fingerprint density at radius 3 is 2.65 bits per heavy atom. The van der Waals surface area contributed by atoms with Crippen molar-refractivity contribution in [1.82, 2.24) is 30.5 Å². The van der Waals surface area contributed by atoms with E-state index in [-0.39, 0.29) is 12.1 Å². The smallest absolute Gasteiger partial charge is 0.314 e. The molecule has 5 heterocycles. The number of thiophene rings is 1. The number of aryl methyl sites for hydroxylation is 1. The molecule has 1 aliphatic rings. The van der Waals surface area contributed by atoms with Crippen LogP contribution < -0.4 is 20.7 Å². The molecule has 3 N–H and O–H groups in total. The molecule has 234 valence electrons. The van der Waals surface area contributed by atoms with Crippen LogP contribution in [-0.4, -0.2) is 51.6 Å². The third-order valence-electron chi connectivity index (χ3n) is 8.01. The minimum absolute atomic E-state index is 0.0787. The maximum Gasteiger partial charge on any atom is 0.314 e. The zero-order chi connectivity index (χ0) is 31.5. The molecular weight excluding hydrogens is 598 g/mol. The normalized spacial score (nSPS) is 14.0. The number of oxazole rings is 1. The van der Waals surface area contributed by atoms with E-state index in [2.05, 4.69) is 55.9 Å². The minimum Gasteiger partial charge on any atom is -0.456 e. The lowest BCUT2D eigenvalue weighted by Crippen LogP contribution is -2.47. The van der Waals surface area contributed by atoms with Gasteiger partial charge in [-0.05, 0) is 68.7 Å². The number of carbonyl (C=O) groups excluding carboxylic acids is 1. The van der Waals surface area contributed by atoms with Gasteiger partial charge >= 0.3 is 6.03 Å².